The average molecular weight is 595 g/mol. The zero-order valence-corrected chi connectivity index (χ0v) is 25.1. The van der Waals surface area contributed by atoms with Gasteiger partial charge in [-0.25, -0.2) is 4.79 Å². The smallest absolute Gasteiger partial charge is 0.315 e. The molecule has 2 aromatic rings. The highest BCUT2D eigenvalue weighted by atomic mass is 35.5. The van der Waals surface area contributed by atoms with Gasteiger partial charge in [-0.3, -0.25) is 14.4 Å². The van der Waals surface area contributed by atoms with Crippen LogP contribution in [-0.4, -0.2) is 81.2 Å². The van der Waals surface area contributed by atoms with Gasteiger partial charge in [-0.05, 0) is 88.1 Å². The molecule has 3 amide bonds. The fourth-order valence-electron chi connectivity index (χ4n) is 6.25. The predicted molar refractivity (Wildman–Crippen MR) is 164 cm³/mol. The third-order valence-corrected chi connectivity index (χ3v) is 9.00. The minimum absolute atomic E-state index is 0.0241. The zero-order valence-electron chi connectivity index (χ0n) is 24.4. The second-order valence-electron chi connectivity index (χ2n) is 11.9. The van der Waals surface area contributed by atoms with E-state index < -0.39 is 0 Å². The molecule has 1 aliphatic carbocycles. The van der Waals surface area contributed by atoms with Crippen molar-refractivity contribution in [2.45, 2.75) is 76.9 Å². The first-order valence-electron chi connectivity index (χ1n) is 15.3. The van der Waals surface area contributed by atoms with E-state index in [4.69, 9.17) is 17.0 Å². The summed E-state index contributed by atoms with van der Waals surface area (Å²) in [6.45, 7) is 4.67. The molecule has 0 bridgehead atoms. The molecule has 2 saturated heterocycles. The minimum atomic E-state index is -0.341. The number of carbonyl (C=O) groups is 2. The highest BCUT2D eigenvalue weighted by Gasteiger charge is 2.29. The minimum Gasteiger partial charge on any atom is -0.336 e. The summed E-state index contributed by atoms with van der Waals surface area (Å²) in [4.78, 5) is 29.5. The van der Waals surface area contributed by atoms with Gasteiger partial charge in [0.1, 0.15) is 0 Å². The lowest BCUT2D eigenvalue weighted by Crippen LogP contribution is -2.46. The van der Waals surface area contributed by atoms with E-state index in [1.165, 1.54) is 24.8 Å². The Kier molecular flexibility index (Phi) is 10.6. The molecular weight excluding hydrogens is 552 g/mol. The number of aromatic nitrogens is 3. The van der Waals surface area contributed by atoms with E-state index in [-0.39, 0.29) is 24.5 Å². The third-order valence-electron chi connectivity index (χ3n) is 8.77. The van der Waals surface area contributed by atoms with E-state index in [2.05, 4.69) is 38.0 Å². The number of nitrogens with one attached hydrogen (secondary N) is 3. The topological polar surface area (TPSA) is 119 Å². The summed E-state index contributed by atoms with van der Waals surface area (Å²) in [7, 11) is 0. The second kappa shape index (κ2) is 14.8. The maximum atomic E-state index is 12.9. The first-order chi connectivity index (χ1) is 20.4. The van der Waals surface area contributed by atoms with Crippen LogP contribution < -0.4 is 10.6 Å². The molecule has 0 saturated carbocycles. The van der Waals surface area contributed by atoms with E-state index in [0.29, 0.717) is 26.1 Å². The van der Waals surface area contributed by atoms with Gasteiger partial charge in [-0.15, -0.1) is 5.10 Å². The monoisotopic (exact) mass is 594 g/mol. The van der Waals surface area contributed by atoms with Crippen LogP contribution in [0.15, 0.2) is 42.1 Å². The first kappa shape index (κ1) is 30.2. The van der Waals surface area contributed by atoms with Gasteiger partial charge in [0.2, 0.25) is 5.91 Å². The molecular formula is C31H43ClN8O2. The number of rotatable bonds is 11. The highest BCUT2D eigenvalue weighted by Crippen LogP contribution is 2.24. The number of nitrogens with zero attached hydrogens (tertiary/aromatic N) is 5. The summed E-state index contributed by atoms with van der Waals surface area (Å²) < 4.78 is 1.86. The molecule has 226 valence electrons. The zero-order chi connectivity index (χ0) is 29.3. The maximum Gasteiger partial charge on any atom is 0.315 e. The van der Waals surface area contributed by atoms with Crippen molar-refractivity contribution >= 4 is 29.3 Å². The number of halogens is 1. The van der Waals surface area contributed by atoms with Crippen LogP contribution in [0.3, 0.4) is 0 Å². The molecule has 10 nitrogen and oxygen atoms in total. The van der Waals surface area contributed by atoms with Crippen LogP contribution in [-0.2, 0) is 24.3 Å². The lowest BCUT2D eigenvalue weighted by molar-refractivity contribution is -0.131. The lowest BCUT2D eigenvalue weighted by atomic mass is 9.90. The van der Waals surface area contributed by atoms with Gasteiger partial charge in [-0.2, -0.15) is 0 Å². The van der Waals surface area contributed by atoms with Crippen LogP contribution in [0.5, 0.6) is 0 Å². The van der Waals surface area contributed by atoms with E-state index in [9.17, 15) is 9.59 Å². The molecule has 2 aliphatic heterocycles. The first-order valence-corrected chi connectivity index (χ1v) is 15.7. The summed E-state index contributed by atoms with van der Waals surface area (Å²) in [5.74, 6) is 0.671. The summed E-state index contributed by atoms with van der Waals surface area (Å²) in [6, 6.07) is 7.90. The molecule has 5 rings (SSSR count). The number of hydrogen-bond donors (Lipinski definition) is 3. The van der Waals surface area contributed by atoms with E-state index in [0.717, 1.165) is 79.7 Å². The van der Waals surface area contributed by atoms with Crippen molar-refractivity contribution in [2.75, 3.05) is 32.7 Å². The molecule has 11 heteroatoms. The number of allylic oxidation sites excluding steroid dienone is 1. The number of benzene rings is 1. The van der Waals surface area contributed by atoms with Crippen LogP contribution >= 0.6 is 11.6 Å². The molecule has 1 atom stereocenters. The Balaban J connectivity index is 1.00. The fourth-order valence-corrected chi connectivity index (χ4v) is 6.47. The molecule has 0 radical (unpaired) electrons. The van der Waals surface area contributed by atoms with Crippen molar-refractivity contribution in [3.8, 4) is 0 Å². The van der Waals surface area contributed by atoms with Crippen LogP contribution in [0, 0.1) is 11.3 Å². The molecule has 42 heavy (non-hydrogen) atoms. The normalized spacial score (nSPS) is 20.0. The Morgan fingerprint density at radius 1 is 1.10 bits per heavy atom. The highest BCUT2D eigenvalue weighted by molar-refractivity contribution is 6.30. The Morgan fingerprint density at radius 2 is 1.95 bits per heavy atom. The van der Waals surface area contributed by atoms with Gasteiger partial charge in [0, 0.05) is 43.0 Å². The Bertz CT molecular complexity index is 1270. The molecule has 3 heterocycles. The number of urea groups is 1. The summed E-state index contributed by atoms with van der Waals surface area (Å²) in [5, 5.41) is 22.8. The van der Waals surface area contributed by atoms with Gasteiger partial charge in [0.25, 0.3) is 0 Å². The van der Waals surface area contributed by atoms with Crippen molar-refractivity contribution in [1.29, 1.82) is 5.41 Å². The maximum absolute atomic E-state index is 12.9. The second-order valence-corrected chi connectivity index (χ2v) is 12.3. The largest absolute Gasteiger partial charge is 0.336 e. The number of likely N-dealkylation sites (tertiary alicyclic amines) is 2. The standard InChI is InChI=1S/C31H43ClN8O2/c32-26-4-1-3-24(17-26)7-6-23-12-15-38(16-13-23)20-28-21-39(37-36-28)22-29-5-2-14-40(29)30(41)19-35-31(42)34-18-25-8-10-27(33)11-9-25/h1,3-4,8,17,21,23,29,33H,2,5-7,9-16,18-20,22H2,(H2,34,35,42). The molecule has 2 fully saturated rings. The molecule has 3 aliphatic rings. The molecule has 1 aromatic carbocycles. The van der Waals surface area contributed by atoms with E-state index in [1.807, 2.05) is 34.0 Å². The average Bonchev–Trinajstić information content (AvgIpc) is 3.65. The lowest BCUT2D eigenvalue weighted by Gasteiger charge is -2.31. The summed E-state index contributed by atoms with van der Waals surface area (Å²) in [5.41, 5.74) is 4.14. The van der Waals surface area contributed by atoms with Crippen molar-refractivity contribution < 1.29 is 9.59 Å². The SMILES string of the molecule is N=C1CC=C(CNC(=O)NCC(=O)N2CCCC2Cn2cc(CN3CCC(CCc4cccc(Cl)c4)CC3)nn2)CC1. The van der Waals surface area contributed by atoms with Gasteiger partial charge in [0.05, 0.1) is 24.8 Å². The molecule has 0 spiro atoms. The summed E-state index contributed by atoms with van der Waals surface area (Å²) >= 11 is 6.13. The van der Waals surface area contributed by atoms with Gasteiger partial charge in [0.15, 0.2) is 0 Å². The number of piperidine rings is 1. The fraction of sp³-hybridized carbons (Fsp3) is 0.581. The number of carbonyl (C=O) groups excluding carboxylic acids is 2. The van der Waals surface area contributed by atoms with Crippen molar-refractivity contribution in [2.24, 2.45) is 5.92 Å². The Morgan fingerprint density at radius 3 is 2.74 bits per heavy atom. The predicted octanol–water partition coefficient (Wildman–Crippen LogP) is 4.20. The quantitative estimate of drug-likeness (QED) is 0.337. The van der Waals surface area contributed by atoms with Crippen LogP contribution in [0.1, 0.15) is 62.6 Å². The van der Waals surface area contributed by atoms with E-state index >= 15 is 0 Å². The number of hydrogen-bond acceptors (Lipinski definition) is 6. The van der Waals surface area contributed by atoms with Crippen molar-refractivity contribution in [1.82, 2.24) is 35.4 Å². The Labute approximate surface area is 253 Å². The Hall–Kier alpha value is -3.24. The molecule has 1 unspecified atom stereocenters. The number of aryl methyl sites for hydroxylation is 1. The van der Waals surface area contributed by atoms with Gasteiger partial charge in [-0.1, -0.05) is 40.6 Å². The third kappa shape index (κ3) is 8.88. The molecule has 3 N–H and O–H groups in total. The molecule has 1 aromatic heterocycles. The van der Waals surface area contributed by atoms with Crippen LogP contribution in [0.4, 0.5) is 4.79 Å². The summed E-state index contributed by atoms with van der Waals surface area (Å²) in [6.07, 6.45) is 12.8. The van der Waals surface area contributed by atoms with Crippen molar-refractivity contribution in [3.63, 3.8) is 0 Å². The van der Waals surface area contributed by atoms with Crippen LogP contribution in [0.25, 0.3) is 0 Å². The van der Waals surface area contributed by atoms with E-state index in [1.54, 1.807) is 0 Å². The van der Waals surface area contributed by atoms with Crippen LogP contribution in [0.2, 0.25) is 5.02 Å². The van der Waals surface area contributed by atoms with Gasteiger partial charge < -0.3 is 20.9 Å². The van der Waals surface area contributed by atoms with Gasteiger partial charge >= 0.3 is 6.03 Å². The van der Waals surface area contributed by atoms with Crippen molar-refractivity contribution in [3.05, 3.63) is 58.4 Å². The number of amides is 3.